The first-order chi connectivity index (χ1) is 17.9. The van der Waals surface area contributed by atoms with Crippen LogP contribution in [0.5, 0.6) is 0 Å². The van der Waals surface area contributed by atoms with Crippen LogP contribution in [0, 0.1) is 5.92 Å². The van der Waals surface area contributed by atoms with Gasteiger partial charge in [-0.2, -0.15) is 9.29 Å². The molecule has 0 spiro atoms. The Balaban J connectivity index is 1.16. The lowest BCUT2D eigenvalue weighted by atomic mass is 9.97. The van der Waals surface area contributed by atoms with Gasteiger partial charge in [-0.25, -0.2) is 8.42 Å². The first-order valence-corrected chi connectivity index (χ1v) is 14.4. The largest absolute Gasteiger partial charge is 0.379 e. The minimum Gasteiger partial charge on any atom is -0.379 e. The molecule has 3 heterocycles. The van der Waals surface area contributed by atoms with Crippen molar-refractivity contribution < 1.29 is 22.5 Å². The maximum atomic E-state index is 13.0. The number of halogens is 1. The van der Waals surface area contributed by atoms with E-state index in [9.17, 15) is 13.2 Å². The molecule has 2 aliphatic heterocycles. The highest BCUT2D eigenvalue weighted by Gasteiger charge is 2.28. The third-order valence-electron chi connectivity index (χ3n) is 6.54. The van der Waals surface area contributed by atoms with Crippen LogP contribution < -0.4 is 5.32 Å². The molecule has 1 N–H and O–H groups in total. The highest BCUT2D eigenvalue weighted by molar-refractivity contribution is 9.10. The maximum absolute atomic E-state index is 13.0. The molecule has 196 valence electrons. The number of aromatic nitrogens is 2. The van der Waals surface area contributed by atoms with E-state index in [0.29, 0.717) is 56.8 Å². The Morgan fingerprint density at radius 2 is 1.78 bits per heavy atom. The molecule has 3 aromatic rings. The molecule has 0 saturated carbocycles. The molecule has 1 aromatic heterocycles. The number of carbonyl (C=O) groups is 1. The first-order valence-electron chi connectivity index (χ1n) is 12.2. The summed E-state index contributed by atoms with van der Waals surface area (Å²) in [5.74, 6) is 0.762. The third-order valence-corrected chi connectivity index (χ3v) is 8.98. The lowest BCUT2D eigenvalue weighted by Gasteiger charge is -2.30. The second kappa shape index (κ2) is 11.4. The van der Waals surface area contributed by atoms with Gasteiger partial charge in [-0.15, -0.1) is 0 Å². The van der Waals surface area contributed by atoms with Crippen LogP contribution >= 0.6 is 15.9 Å². The van der Waals surface area contributed by atoms with E-state index >= 15 is 0 Å². The number of hydrogen-bond acceptors (Lipinski definition) is 8. The number of amides is 1. The molecular weight excluding hydrogens is 562 g/mol. The Hall–Kier alpha value is -2.64. The number of benzene rings is 2. The number of anilines is 1. The van der Waals surface area contributed by atoms with Gasteiger partial charge in [-0.1, -0.05) is 21.1 Å². The lowest BCUT2D eigenvalue weighted by Crippen LogP contribution is -2.40. The van der Waals surface area contributed by atoms with Crippen molar-refractivity contribution in [1.29, 1.82) is 0 Å². The summed E-state index contributed by atoms with van der Waals surface area (Å²) >= 11 is 3.42. The molecule has 0 bridgehead atoms. The molecule has 2 aliphatic rings. The fraction of sp³-hybridized carbons (Fsp3) is 0.400. The van der Waals surface area contributed by atoms with E-state index < -0.39 is 10.0 Å². The molecule has 0 aliphatic carbocycles. The highest BCUT2D eigenvalue weighted by Crippen LogP contribution is 2.24. The number of nitrogens with one attached hydrogen (secondary N) is 1. The van der Waals surface area contributed by atoms with Gasteiger partial charge in [0.1, 0.15) is 0 Å². The van der Waals surface area contributed by atoms with Crippen LogP contribution in [0.25, 0.3) is 11.4 Å². The molecule has 2 saturated heterocycles. The van der Waals surface area contributed by atoms with Crippen LogP contribution in [0.2, 0.25) is 0 Å². The number of piperidine rings is 1. The quantitative estimate of drug-likeness (QED) is 0.445. The van der Waals surface area contributed by atoms with Crippen LogP contribution in [0.4, 0.5) is 5.69 Å². The predicted octanol–water partition coefficient (Wildman–Crippen LogP) is 3.37. The minimum absolute atomic E-state index is 0.0884. The van der Waals surface area contributed by atoms with E-state index in [0.717, 1.165) is 29.4 Å². The Labute approximate surface area is 224 Å². The Kier molecular flexibility index (Phi) is 8.01. The van der Waals surface area contributed by atoms with E-state index in [1.807, 2.05) is 24.3 Å². The van der Waals surface area contributed by atoms with E-state index in [-0.39, 0.29) is 16.7 Å². The van der Waals surface area contributed by atoms with Crippen LogP contribution in [0.3, 0.4) is 0 Å². The number of likely N-dealkylation sites (tertiary alicyclic amines) is 1. The van der Waals surface area contributed by atoms with Crippen molar-refractivity contribution in [2.45, 2.75) is 24.3 Å². The van der Waals surface area contributed by atoms with Crippen LogP contribution in [0.1, 0.15) is 18.7 Å². The van der Waals surface area contributed by atoms with E-state index in [2.05, 4.69) is 36.3 Å². The molecule has 2 fully saturated rings. The Bertz CT molecular complexity index is 1320. The molecule has 1 atom stereocenters. The summed E-state index contributed by atoms with van der Waals surface area (Å²) in [6.07, 6.45) is 1.66. The van der Waals surface area contributed by atoms with Crippen molar-refractivity contribution in [3.05, 3.63) is 58.9 Å². The molecule has 1 unspecified atom stereocenters. The summed E-state index contributed by atoms with van der Waals surface area (Å²) < 4.78 is 38.7. The second-order valence-electron chi connectivity index (χ2n) is 9.12. The molecule has 1 amide bonds. The number of hydrogen-bond donors (Lipinski definition) is 1. The normalized spacial score (nSPS) is 19.5. The van der Waals surface area contributed by atoms with Crippen molar-refractivity contribution in [2.75, 3.05) is 44.7 Å². The summed E-state index contributed by atoms with van der Waals surface area (Å²) in [5.41, 5.74) is 1.44. The van der Waals surface area contributed by atoms with Crippen LogP contribution in [0.15, 0.2) is 62.4 Å². The molecule has 37 heavy (non-hydrogen) atoms. The van der Waals surface area contributed by atoms with Crippen molar-refractivity contribution in [2.24, 2.45) is 5.92 Å². The maximum Gasteiger partial charge on any atom is 0.243 e. The molecular formula is C25H28BrN5O5S. The van der Waals surface area contributed by atoms with Gasteiger partial charge in [0.25, 0.3) is 0 Å². The fourth-order valence-corrected chi connectivity index (χ4v) is 6.20. The zero-order valence-corrected chi connectivity index (χ0v) is 22.6. The fourth-order valence-electron chi connectivity index (χ4n) is 4.53. The number of nitrogens with zero attached hydrogens (tertiary/aromatic N) is 4. The second-order valence-corrected chi connectivity index (χ2v) is 12.0. The minimum atomic E-state index is -3.57. The smallest absolute Gasteiger partial charge is 0.243 e. The van der Waals surface area contributed by atoms with Gasteiger partial charge in [0.2, 0.25) is 27.6 Å². The molecule has 10 nitrogen and oxygen atoms in total. The van der Waals surface area contributed by atoms with Gasteiger partial charge in [0.05, 0.1) is 30.6 Å². The topological polar surface area (TPSA) is 118 Å². The van der Waals surface area contributed by atoms with E-state index in [1.165, 1.54) is 16.4 Å². The predicted molar refractivity (Wildman–Crippen MR) is 140 cm³/mol. The summed E-state index contributed by atoms with van der Waals surface area (Å²) in [7, 11) is -3.57. The zero-order chi connectivity index (χ0) is 25.8. The van der Waals surface area contributed by atoms with Crippen molar-refractivity contribution in [1.82, 2.24) is 19.3 Å². The molecule has 2 aromatic carbocycles. The van der Waals surface area contributed by atoms with E-state index in [1.54, 1.807) is 12.1 Å². The summed E-state index contributed by atoms with van der Waals surface area (Å²) in [6.45, 7) is 3.36. The highest BCUT2D eigenvalue weighted by atomic mass is 79.9. The SMILES string of the molecule is O=C(Nc1ccc(S(=O)(=O)N2CCOCC2)cc1)C1CCCN(Cc2nc(-c3ccc(Br)cc3)no2)C1. The van der Waals surface area contributed by atoms with Gasteiger partial charge in [-0.05, 0) is 67.9 Å². The summed E-state index contributed by atoms with van der Waals surface area (Å²) in [5, 5.41) is 7.02. The molecule has 0 radical (unpaired) electrons. The van der Waals surface area contributed by atoms with Crippen molar-refractivity contribution >= 4 is 37.5 Å². The average Bonchev–Trinajstić information content (AvgIpc) is 3.38. The number of morpholine rings is 1. The first kappa shape index (κ1) is 26.0. The van der Waals surface area contributed by atoms with Crippen LogP contribution in [-0.4, -0.2) is 73.1 Å². The van der Waals surface area contributed by atoms with E-state index in [4.69, 9.17) is 9.26 Å². The lowest BCUT2D eigenvalue weighted by molar-refractivity contribution is -0.121. The third kappa shape index (κ3) is 6.27. The van der Waals surface area contributed by atoms with Crippen LogP contribution in [-0.2, 0) is 26.1 Å². The number of sulfonamides is 1. The van der Waals surface area contributed by atoms with Gasteiger partial charge < -0.3 is 14.6 Å². The van der Waals surface area contributed by atoms with Gasteiger partial charge in [0.15, 0.2) is 0 Å². The number of ether oxygens (including phenoxy) is 1. The van der Waals surface area contributed by atoms with Crippen molar-refractivity contribution in [3.8, 4) is 11.4 Å². The van der Waals surface area contributed by atoms with Gasteiger partial charge >= 0.3 is 0 Å². The molecule has 12 heteroatoms. The standard InChI is InChI=1S/C25H28BrN5O5S/c26-20-5-3-18(4-6-20)24-28-23(36-29-24)17-30-11-1-2-19(16-30)25(32)27-21-7-9-22(10-8-21)37(33,34)31-12-14-35-15-13-31/h3-10,19H,1-2,11-17H2,(H,27,32). The summed E-state index contributed by atoms with van der Waals surface area (Å²) in [6, 6.07) is 14.0. The van der Waals surface area contributed by atoms with Gasteiger partial charge in [-0.3, -0.25) is 9.69 Å². The Morgan fingerprint density at radius 3 is 2.51 bits per heavy atom. The summed E-state index contributed by atoms with van der Waals surface area (Å²) in [4.78, 5) is 19.8. The average molecular weight is 591 g/mol. The monoisotopic (exact) mass is 589 g/mol. The molecule has 5 rings (SSSR count). The Morgan fingerprint density at radius 1 is 1.05 bits per heavy atom. The van der Waals surface area contributed by atoms with Crippen molar-refractivity contribution in [3.63, 3.8) is 0 Å². The number of rotatable bonds is 7. The zero-order valence-electron chi connectivity index (χ0n) is 20.2. The number of carbonyl (C=O) groups excluding carboxylic acids is 1. The van der Waals surface area contributed by atoms with Gasteiger partial charge in [0, 0.05) is 35.4 Å².